The fourth-order valence-electron chi connectivity index (χ4n) is 4.89. The third-order valence-electron chi connectivity index (χ3n) is 6.85. The smallest absolute Gasteiger partial charge is 0.318 e. The molecule has 2 aliphatic rings. The zero-order valence-corrected chi connectivity index (χ0v) is 23.0. The maximum Gasteiger partial charge on any atom is 0.318 e. The van der Waals surface area contributed by atoms with Crippen LogP contribution in [0.15, 0.2) is 6.07 Å². The Morgan fingerprint density at radius 3 is 2.74 bits per heavy atom. The van der Waals surface area contributed by atoms with Gasteiger partial charge >= 0.3 is 6.01 Å². The molecule has 1 amide bonds. The summed E-state index contributed by atoms with van der Waals surface area (Å²) in [5.41, 5.74) is 9.17. The second kappa shape index (κ2) is 10.2. The van der Waals surface area contributed by atoms with Crippen molar-refractivity contribution < 1.29 is 18.7 Å². The molecule has 1 atom stereocenters. The minimum absolute atomic E-state index is 0.0161. The molecular weight excluding hydrogens is 536 g/mol. The predicted octanol–water partition coefficient (Wildman–Crippen LogP) is 3.94. The summed E-state index contributed by atoms with van der Waals surface area (Å²) in [5, 5.41) is 5.09. The molecule has 0 saturated carbocycles. The number of hydrogen-bond acceptors (Lipinski definition) is 8. The van der Waals surface area contributed by atoms with E-state index in [0.717, 1.165) is 17.7 Å². The van der Waals surface area contributed by atoms with Crippen LogP contribution in [-0.2, 0) is 30.9 Å². The minimum Gasteiger partial charge on any atom is -0.467 e. The molecule has 38 heavy (non-hydrogen) atoms. The zero-order chi connectivity index (χ0) is 27.3. The standard InChI is InChI=1S/C25H28Cl2FN7O3/c1-12-8-14(29)21(28)18(19(12)26)17-9-15-13(11-38-17)23(31-25(30-15)37-4)34-6-5-7-35-16(10-34)20(27)22(32-35)24(36)33(2)3/h8,17H,5-7,9-11,29H2,1-4H3. The van der Waals surface area contributed by atoms with E-state index in [1.807, 2.05) is 0 Å². The maximum absolute atomic E-state index is 15.0. The van der Waals surface area contributed by atoms with Gasteiger partial charge in [-0.1, -0.05) is 23.2 Å². The van der Waals surface area contributed by atoms with E-state index in [1.54, 1.807) is 25.7 Å². The summed E-state index contributed by atoms with van der Waals surface area (Å²) in [4.78, 5) is 25.3. The number of nitrogen functional groups attached to an aromatic ring is 1. The number of fused-ring (bicyclic) bond motifs is 2. The van der Waals surface area contributed by atoms with Gasteiger partial charge in [0.2, 0.25) is 0 Å². The molecule has 2 N–H and O–H groups in total. The molecule has 1 unspecified atom stereocenters. The number of halogens is 3. The molecule has 13 heteroatoms. The Kier molecular flexibility index (Phi) is 7.10. The molecule has 10 nitrogen and oxygen atoms in total. The summed E-state index contributed by atoms with van der Waals surface area (Å²) in [6.07, 6.45) is 0.327. The van der Waals surface area contributed by atoms with E-state index in [9.17, 15) is 4.79 Å². The molecule has 3 aromatic rings. The van der Waals surface area contributed by atoms with Gasteiger partial charge < -0.3 is 25.0 Å². The molecule has 0 saturated heterocycles. The Hall–Kier alpha value is -3.15. The number of ether oxygens (including phenoxy) is 2. The Balaban J connectivity index is 1.52. The van der Waals surface area contributed by atoms with Crippen LogP contribution < -0.4 is 15.4 Å². The molecule has 5 rings (SSSR count). The fraction of sp³-hybridized carbons (Fsp3) is 0.440. The van der Waals surface area contributed by atoms with Gasteiger partial charge in [-0.15, -0.1) is 0 Å². The molecule has 0 spiro atoms. The van der Waals surface area contributed by atoms with Crippen LogP contribution in [0.25, 0.3) is 0 Å². The van der Waals surface area contributed by atoms with Gasteiger partial charge in [0.15, 0.2) is 11.5 Å². The molecule has 202 valence electrons. The Morgan fingerprint density at radius 2 is 2.03 bits per heavy atom. The number of rotatable bonds is 4. The van der Waals surface area contributed by atoms with E-state index < -0.39 is 11.9 Å². The molecule has 4 heterocycles. The first-order chi connectivity index (χ1) is 18.1. The van der Waals surface area contributed by atoms with Gasteiger partial charge in [0.05, 0.1) is 53.5 Å². The summed E-state index contributed by atoms with van der Waals surface area (Å²) in [7, 11) is 4.81. The number of nitrogens with two attached hydrogens (primary N) is 1. The first kappa shape index (κ1) is 26.5. The third kappa shape index (κ3) is 4.52. The number of aryl methyl sites for hydroxylation is 2. The SMILES string of the molecule is COc1nc2c(c(N3CCCn4nc(C(=O)N(C)C)c(Cl)c4C3)n1)COC(c1c(F)c(N)cc(C)c1Cl)C2. The summed E-state index contributed by atoms with van der Waals surface area (Å²) in [6.45, 7) is 3.53. The number of aromatic nitrogens is 4. The second-order valence-electron chi connectivity index (χ2n) is 9.59. The van der Waals surface area contributed by atoms with E-state index in [2.05, 4.69) is 20.0 Å². The van der Waals surface area contributed by atoms with Crippen LogP contribution in [0.5, 0.6) is 6.01 Å². The van der Waals surface area contributed by atoms with E-state index in [-0.39, 0.29) is 46.9 Å². The molecule has 0 aliphatic carbocycles. The van der Waals surface area contributed by atoms with Gasteiger partial charge in [0.1, 0.15) is 5.82 Å². The van der Waals surface area contributed by atoms with Gasteiger partial charge in [-0.05, 0) is 25.0 Å². The van der Waals surface area contributed by atoms with Gasteiger partial charge in [-0.3, -0.25) is 9.48 Å². The Labute approximate surface area is 229 Å². The maximum atomic E-state index is 15.0. The van der Waals surface area contributed by atoms with Crippen molar-refractivity contribution in [2.75, 3.05) is 38.4 Å². The molecule has 0 radical (unpaired) electrons. The first-order valence-corrected chi connectivity index (χ1v) is 12.9. The van der Waals surface area contributed by atoms with E-state index >= 15 is 4.39 Å². The summed E-state index contributed by atoms with van der Waals surface area (Å²) in [6, 6.07) is 1.69. The van der Waals surface area contributed by atoms with E-state index in [1.165, 1.54) is 18.1 Å². The summed E-state index contributed by atoms with van der Waals surface area (Å²) < 4.78 is 28.4. The van der Waals surface area contributed by atoms with Crippen molar-refractivity contribution in [3.63, 3.8) is 0 Å². The number of amides is 1. The van der Waals surface area contributed by atoms with E-state index in [0.29, 0.717) is 41.7 Å². The molecule has 0 fully saturated rings. The average Bonchev–Trinajstić information content (AvgIpc) is 3.06. The number of anilines is 2. The number of methoxy groups -OCH3 is 1. The minimum atomic E-state index is -0.677. The lowest BCUT2D eigenvalue weighted by molar-refractivity contribution is 0.0236. The fourth-order valence-corrected chi connectivity index (χ4v) is 5.42. The molecule has 0 bridgehead atoms. The Bertz CT molecular complexity index is 1400. The van der Waals surface area contributed by atoms with Crippen LogP contribution in [0.2, 0.25) is 10.0 Å². The number of carbonyl (C=O) groups excluding carboxylic acids is 1. The van der Waals surface area contributed by atoms with Gasteiger partial charge in [-0.2, -0.15) is 15.1 Å². The van der Waals surface area contributed by atoms with Crippen LogP contribution in [-0.4, -0.2) is 58.3 Å². The van der Waals surface area contributed by atoms with Crippen molar-refractivity contribution in [2.45, 2.75) is 45.6 Å². The van der Waals surface area contributed by atoms with E-state index in [4.69, 9.17) is 38.4 Å². The zero-order valence-electron chi connectivity index (χ0n) is 21.5. The second-order valence-corrected chi connectivity index (χ2v) is 10.4. The van der Waals surface area contributed by atoms with Crippen molar-refractivity contribution in [1.82, 2.24) is 24.6 Å². The largest absolute Gasteiger partial charge is 0.467 e. The number of carbonyl (C=O) groups is 1. The normalized spacial score (nSPS) is 17.0. The van der Waals surface area contributed by atoms with Gasteiger partial charge in [-0.25, -0.2) is 4.39 Å². The van der Waals surface area contributed by atoms with Crippen LogP contribution in [0.1, 0.15) is 51.1 Å². The first-order valence-electron chi connectivity index (χ1n) is 12.1. The number of nitrogens with zero attached hydrogens (tertiary/aromatic N) is 6. The topological polar surface area (TPSA) is 112 Å². The summed E-state index contributed by atoms with van der Waals surface area (Å²) in [5.74, 6) is -0.217. The molecular formula is C25H28Cl2FN7O3. The van der Waals surface area contributed by atoms with Crippen molar-refractivity contribution in [3.8, 4) is 6.01 Å². The lowest BCUT2D eigenvalue weighted by Gasteiger charge is -2.31. The van der Waals surface area contributed by atoms with Gasteiger partial charge in [0.25, 0.3) is 5.91 Å². The highest BCUT2D eigenvalue weighted by molar-refractivity contribution is 6.34. The number of hydrogen-bond donors (Lipinski definition) is 1. The lowest BCUT2D eigenvalue weighted by Crippen LogP contribution is -2.29. The highest BCUT2D eigenvalue weighted by Crippen LogP contribution is 2.41. The number of benzene rings is 1. The lowest BCUT2D eigenvalue weighted by atomic mass is 9.96. The average molecular weight is 564 g/mol. The van der Waals surface area contributed by atoms with Crippen molar-refractivity contribution in [1.29, 1.82) is 0 Å². The molecule has 1 aromatic carbocycles. The summed E-state index contributed by atoms with van der Waals surface area (Å²) >= 11 is 13.1. The highest BCUT2D eigenvalue weighted by atomic mass is 35.5. The predicted molar refractivity (Wildman–Crippen MR) is 141 cm³/mol. The monoisotopic (exact) mass is 563 g/mol. The van der Waals surface area contributed by atoms with Crippen LogP contribution in [0.3, 0.4) is 0 Å². The van der Waals surface area contributed by atoms with Crippen LogP contribution in [0.4, 0.5) is 15.9 Å². The van der Waals surface area contributed by atoms with Crippen LogP contribution in [0, 0.1) is 12.7 Å². The van der Waals surface area contributed by atoms with Crippen LogP contribution >= 0.6 is 23.2 Å². The Morgan fingerprint density at radius 1 is 1.26 bits per heavy atom. The van der Waals surface area contributed by atoms with Crippen molar-refractivity contribution >= 4 is 40.6 Å². The quantitative estimate of drug-likeness (QED) is 0.475. The van der Waals surface area contributed by atoms with Gasteiger partial charge in [0, 0.05) is 44.7 Å². The highest BCUT2D eigenvalue weighted by Gasteiger charge is 2.33. The molecule has 2 aliphatic heterocycles. The third-order valence-corrected chi connectivity index (χ3v) is 7.75. The molecule has 2 aromatic heterocycles. The van der Waals surface area contributed by atoms with Crippen molar-refractivity contribution in [2.24, 2.45) is 0 Å². The van der Waals surface area contributed by atoms with Crippen molar-refractivity contribution in [3.05, 3.63) is 55.7 Å².